The van der Waals surface area contributed by atoms with Crippen molar-refractivity contribution in [1.82, 2.24) is 14.6 Å². The minimum Gasteiger partial charge on any atom is -0.461 e. The predicted octanol–water partition coefficient (Wildman–Crippen LogP) is 3.47. The Hall–Kier alpha value is -3.12. The van der Waals surface area contributed by atoms with Gasteiger partial charge in [0, 0.05) is 11.6 Å². The number of aromatic nitrogens is 2. The Labute approximate surface area is 232 Å². The second-order valence-corrected chi connectivity index (χ2v) is 11.6. The molecule has 2 heterocycles. The Balaban J connectivity index is 1.29. The van der Waals surface area contributed by atoms with Crippen molar-refractivity contribution in [3.8, 4) is 5.75 Å². The number of fused-ring (bicyclic) bond motifs is 1. The molecule has 4 N–H and O–H groups in total. The summed E-state index contributed by atoms with van der Waals surface area (Å²) in [5.41, 5.74) is 4.99. The van der Waals surface area contributed by atoms with Crippen LogP contribution in [0.2, 0.25) is 0 Å². The number of rotatable bonds is 10. The van der Waals surface area contributed by atoms with Crippen LogP contribution in [-0.2, 0) is 23.5 Å². The van der Waals surface area contributed by atoms with Gasteiger partial charge in [-0.2, -0.15) is 14.4 Å². The predicted molar refractivity (Wildman–Crippen MR) is 148 cm³/mol. The summed E-state index contributed by atoms with van der Waals surface area (Å²) in [5, 5.41) is 4.50. The normalized spacial score (nSPS) is 22.1. The number of nitrogens with two attached hydrogens (primary N) is 1. The van der Waals surface area contributed by atoms with Gasteiger partial charge in [-0.15, -0.1) is 0 Å². The lowest BCUT2D eigenvalue weighted by Crippen LogP contribution is -2.40. The molecule has 1 saturated carbocycles. The van der Waals surface area contributed by atoms with Crippen LogP contribution in [0.1, 0.15) is 45.3 Å². The van der Waals surface area contributed by atoms with E-state index in [0.717, 1.165) is 42.9 Å². The molecule has 0 amide bonds. The molecule has 4 atom stereocenters. The fourth-order valence-corrected chi connectivity index (χ4v) is 6.25. The fourth-order valence-electron chi connectivity index (χ4n) is 4.73. The number of carbonyl (C=O) groups excluding carboxylic acids is 1. The van der Waals surface area contributed by atoms with Crippen LogP contribution >= 0.6 is 8.09 Å². The van der Waals surface area contributed by atoms with Crippen LogP contribution in [0, 0.1) is 0 Å². The molecule has 40 heavy (non-hydrogen) atoms. The van der Waals surface area contributed by atoms with E-state index in [9.17, 15) is 14.5 Å². The summed E-state index contributed by atoms with van der Waals surface area (Å²) in [5.74, 6) is -0.0262. The molecule has 0 spiro atoms. The standard InChI is InChI=1S/C27H33N4O8P/c1-18(26(32)37-20-10-3-2-4-11-20)30-40(34,39-22-13-7-9-19-8-5-6-12-21(19)22)36-17-25-35-16-24(38-25)31-15-14-23(28)29-27(31)33/h5-9,12-15,18,20,24-25,30,34H,2-4,10-11,16-17H2,1H3,(H-,28,29,33)/p+1/t18-,24-,25-,40?/m0/s1. The number of nitrogens with one attached hydrogen (secondary N) is 1. The molecule has 13 heteroatoms. The summed E-state index contributed by atoms with van der Waals surface area (Å²) in [6, 6.07) is 13.5. The average molecular weight is 574 g/mol. The molecule has 12 nitrogen and oxygen atoms in total. The number of hydrogen-bond donors (Lipinski definition) is 3. The van der Waals surface area contributed by atoms with Gasteiger partial charge in [-0.25, -0.2) is 4.79 Å². The highest BCUT2D eigenvalue weighted by Gasteiger charge is 2.49. The molecule has 0 bridgehead atoms. The van der Waals surface area contributed by atoms with Crippen molar-refractivity contribution in [2.24, 2.45) is 0 Å². The van der Waals surface area contributed by atoms with Crippen molar-refractivity contribution in [3.63, 3.8) is 0 Å². The minimum absolute atomic E-state index is 0.0537. The Morgan fingerprint density at radius 3 is 2.77 bits per heavy atom. The van der Waals surface area contributed by atoms with Crippen molar-refractivity contribution < 1.29 is 32.9 Å². The maximum Gasteiger partial charge on any atom is 0.544 e. The lowest BCUT2D eigenvalue weighted by atomic mass is 9.98. The summed E-state index contributed by atoms with van der Waals surface area (Å²) < 4.78 is 30.3. The van der Waals surface area contributed by atoms with E-state index in [2.05, 4.69) is 10.1 Å². The van der Waals surface area contributed by atoms with Gasteiger partial charge in [0.2, 0.25) is 0 Å². The van der Waals surface area contributed by atoms with Gasteiger partial charge in [0.1, 0.15) is 18.0 Å². The topological polar surface area (TPSA) is 156 Å². The third kappa shape index (κ3) is 6.95. The molecule has 2 aliphatic rings. The number of nitrogen functional groups attached to an aromatic ring is 1. The zero-order valence-electron chi connectivity index (χ0n) is 22.2. The number of esters is 1. The zero-order chi connectivity index (χ0) is 28.1. The van der Waals surface area contributed by atoms with E-state index in [4.69, 9.17) is 29.0 Å². The quantitative estimate of drug-likeness (QED) is 0.241. The molecular weight excluding hydrogens is 539 g/mol. The Morgan fingerprint density at radius 1 is 1.20 bits per heavy atom. The molecule has 2 fully saturated rings. The minimum atomic E-state index is -3.93. The number of hydrogen-bond acceptors (Lipinski definition) is 11. The summed E-state index contributed by atoms with van der Waals surface area (Å²) in [4.78, 5) is 40.4. The first-order valence-corrected chi connectivity index (χ1v) is 14.9. The number of ether oxygens (including phenoxy) is 3. The van der Waals surface area contributed by atoms with Gasteiger partial charge >= 0.3 is 19.8 Å². The second kappa shape index (κ2) is 12.6. The number of carbonyl (C=O) groups is 1. The summed E-state index contributed by atoms with van der Waals surface area (Å²) in [7, 11) is -3.93. The highest BCUT2D eigenvalue weighted by molar-refractivity contribution is 7.59. The van der Waals surface area contributed by atoms with Gasteiger partial charge < -0.3 is 19.9 Å². The van der Waals surface area contributed by atoms with E-state index in [-0.39, 0.29) is 25.1 Å². The lowest BCUT2D eigenvalue weighted by Gasteiger charge is -2.25. The van der Waals surface area contributed by atoms with E-state index in [1.165, 1.54) is 16.8 Å². The molecule has 1 aliphatic heterocycles. The molecule has 0 radical (unpaired) electrons. The van der Waals surface area contributed by atoms with Gasteiger partial charge in [0.05, 0.1) is 6.61 Å². The molecule has 214 valence electrons. The van der Waals surface area contributed by atoms with E-state index in [0.29, 0.717) is 5.75 Å². The van der Waals surface area contributed by atoms with Crippen LogP contribution < -0.4 is 21.0 Å². The summed E-state index contributed by atoms with van der Waals surface area (Å²) in [6.45, 7) is 1.39. The largest absolute Gasteiger partial charge is 0.544 e. The van der Waals surface area contributed by atoms with Crippen molar-refractivity contribution in [2.45, 2.75) is 63.7 Å². The first-order chi connectivity index (χ1) is 19.3. The smallest absolute Gasteiger partial charge is 0.461 e. The van der Waals surface area contributed by atoms with Gasteiger partial charge in [0.15, 0.2) is 24.9 Å². The highest BCUT2D eigenvalue weighted by Crippen LogP contribution is 2.54. The van der Waals surface area contributed by atoms with E-state index < -0.39 is 38.3 Å². The summed E-state index contributed by atoms with van der Waals surface area (Å²) in [6.07, 6.45) is 4.47. The third-order valence-corrected chi connectivity index (χ3v) is 8.45. The first-order valence-electron chi connectivity index (χ1n) is 13.3. The van der Waals surface area contributed by atoms with E-state index >= 15 is 0 Å². The number of benzene rings is 2. The van der Waals surface area contributed by atoms with Gasteiger partial charge in [-0.1, -0.05) is 47.9 Å². The lowest BCUT2D eigenvalue weighted by molar-refractivity contribution is -0.152. The molecule has 1 saturated heterocycles. The van der Waals surface area contributed by atoms with Crippen molar-refractivity contribution in [3.05, 3.63) is 65.2 Å². The third-order valence-electron chi connectivity index (χ3n) is 6.80. The van der Waals surface area contributed by atoms with Crippen LogP contribution in [0.4, 0.5) is 5.82 Å². The average Bonchev–Trinajstić information content (AvgIpc) is 3.41. The SMILES string of the molecule is C[C@H](N[P+](O)(OC[C@H]1OC[C@@H](n2ccc(N)nc2=O)O1)Oc1cccc2ccccc12)C(=O)OC1CCCCC1. The zero-order valence-corrected chi connectivity index (χ0v) is 23.1. The van der Waals surface area contributed by atoms with Crippen molar-refractivity contribution >= 4 is 30.7 Å². The van der Waals surface area contributed by atoms with Gasteiger partial charge in [0.25, 0.3) is 0 Å². The molecule has 2 aromatic carbocycles. The van der Waals surface area contributed by atoms with Crippen molar-refractivity contribution in [1.29, 1.82) is 0 Å². The number of nitrogens with zero attached hydrogens (tertiary/aromatic N) is 2. The molecule has 3 aromatic rings. The molecule has 1 aromatic heterocycles. The first kappa shape index (κ1) is 28.4. The van der Waals surface area contributed by atoms with Crippen LogP contribution in [0.15, 0.2) is 59.5 Å². The Morgan fingerprint density at radius 2 is 1.98 bits per heavy atom. The molecule has 1 unspecified atom stereocenters. The van der Waals surface area contributed by atoms with Crippen LogP contribution in [-0.4, -0.2) is 52.1 Å². The fraction of sp³-hybridized carbons (Fsp3) is 0.444. The van der Waals surface area contributed by atoms with Gasteiger partial charge in [-0.3, -0.25) is 13.9 Å². The van der Waals surface area contributed by atoms with Crippen molar-refractivity contribution in [2.75, 3.05) is 18.9 Å². The Kier molecular flexibility index (Phi) is 8.94. The monoisotopic (exact) mass is 573 g/mol. The van der Waals surface area contributed by atoms with Crippen LogP contribution in [0.5, 0.6) is 5.75 Å². The van der Waals surface area contributed by atoms with E-state index in [1.807, 2.05) is 30.3 Å². The highest BCUT2D eigenvalue weighted by atomic mass is 31.2. The second-order valence-electron chi connectivity index (χ2n) is 9.83. The van der Waals surface area contributed by atoms with Crippen LogP contribution in [0.25, 0.3) is 10.8 Å². The van der Waals surface area contributed by atoms with Gasteiger partial charge in [-0.05, 0) is 50.1 Å². The van der Waals surface area contributed by atoms with Crippen LogP contribution in [0.3, 0.4) is 0 Å². The molecular formula is C27H34N4O8P+. The molecule has 1 aliphatic carbocycles. The molecule has 5 rings (SSSR count). The van der Waals surface area contributed by atoms with E-state index in [1.54, 1.807) is 19.1 Å². The maximum atomic E-state index is 12.9. The summed E-state index contributed by atoms with van der Waals surface area (Å²) >= 11 is 0. The Bertz CT molecular complexity index is 1380. The number of anilines is 1. The maximum absolute atomic E-state index is 12.9.